The van der Waals surface area contributed by atoms with Crippen molar-refractivity contribution in [2.45, 2.75) is 31.3 Å². The minimum Gasteiger partial charge on any atom is -0.472 e. The molecule has 1 fully saturated rings. The summed E-state index contributed by atoms with van der Waals surface area (Å²) in [4.78, 5) is 13.4. The van der Waals surface area contributed by atoms with Crippen LogP contribution in [-0.2, 0) is 6.54 Å². The predicted molar refractivity (Wildman–Crippen MR) is 87.1 cm³/mol. The fourth-order valence-corrected chi connectivity index (χ4v) is 2.69. The van der Waals surface area contributed by atoms with Gasteiger partial charge in [-0.3, -0.25) is 0 Å². The van der Waals surface area contributed by atoms with E-state index in [9.17, 15) is 0 Å². The molecule has 0 radical (unpaired) electrons. The van der Waals surface area contributed by atoms with Gasteiger partial charge in [-0.05, 0) is 18.9 Å². The molecule has 3 rings (SSSR count). The molecule has 0 aromatic carbocycles. The third kappa shape index (κ3) is 3.06. The maximum absolute atomic E-state index is 5.92. The van der Waals surface area contributed by atoms with E-state index in [1.807, 2.05) is 32.1 Å². The average Bonchev–Trinajstić information content (AvgIpc) is 2.96. The van der Waals surface area contributed by atoms with Gasteiger partial charge in [0.1, 0.15) is 5.82 Å². The molecule has 0 spiro atoms. The van der Waals surface area contributed by atoms with Crippen molar-refractivity contribution in [3.8, 4) is 0 Å². The van der Waals surface area contributed by atoms with Crippen molar-refractivity contribution in [2.24, 2.45) is 5.73 Å². The Morgan fingerprint density at radius 2 is 2.05 bits per heavy atom. The van der Waals surface area contributed by atoms with Crippen molar-refractivity contribution in [2.75, 3.05) is 30.9 Å². The molecule has 2 heterocycles. The summed E-state index contributed by atoms with van der Waals surface area (Å²) in [6, 6.07) is 4.37. The van der Waals surface area contributed by atoms with E-state index in [4.69, 9.17) is 10.2 Å². The highest BCUT2D eigenvalue weighted by atomic mass is 16.3. The molecule has 1 aliphatic carbocycles. The minimum atomic E-state index is 0.315. The molecule has 0 saturated heterocycles. The van der Waals surface area contributed by atoms with E-state index in [1.165, 1.54) is 0 Å². The number of rotatable bonds is 5. The van der Waals surface area contributed by atoms with Crippen molar-refractivity contribution in [3.63, 3.8) is 0 Å². The smallest absolute Gasteiger partial charge is 0.227 e. The number of anilines is 2. The zero-order valence-corrected chi connectivity index (χ0v) is 13.4. The molecule has 0 bridgehead atoms. The molecule has 118 valence electrons. The van der Waals surface area contributed by atoms with Crippen molar-refractivity contribution in [1.29, 1.82) is 0 Å². The van der Waals surface area contributed by atoms with Crippen molar-refractivity contribution >= 4 is 11.8 Å². The van der Waals surface area contributed by atoms with Gasteiger partial charge in [-0.25, -0.2) is 4.98 Å². The molecule has 6 nitrogen and oxygen atoms in total. The fourth-order valence-electron chi connectivity index (χ4n) is 2.69. The molecule has 22 heavy (non-hydrogen) atoms. The van der Waals surface area contributed by atoms with Crippen LogP contribution in [0.25, 0.3) is 0 Å². The summed E-state index contributed by atoms with van der Waals surface area (Å²) in [5.41, 5.74) is 8.13. The minimum absolute atomic E-state index is 0.315. The summed E-state index contributed by atoms with van der Waals surface area (Å²) in [7, 11) is 5.96. The first-order valence-corrected chi connectivity index (χ1v) is 7.57. The summed E-state index contributed by atoms with van der Waals surface area (Å²) < 4.78 is 5.13. The number of hydrogen-bond donors (Lipinski definition) is 1. The van der Waals surface area contributed by atoms with Crippen LogP contribution < -0.4 is 15.5 Å². The Morgan fingerprint density at radius 1 is 1.27 bits per heavy atom. The quantitative estimate of drug-likeness (QED) is 0.910. The first kappa shape index (κ1) is 14.8. The number of nitrogens with zero attached hydrogens (tertiary/aromatic N) is 4. The Labute approximate surface area is 130 Å². The van der Waals surface area contributed by atoms with Gasteiger partial charge in [-0.15, -0.1) is 0 Å². The molecular formula is C16H23N5O. The predicted octanol–water partition coefficient (Wildman–Crippen LogP) is 1.98. The van der Waals surface area contributed by atoms with Crippen LogP contribution in [0.5, 0.6) is 0 Å². The van der Waals surface area contributed by atoms with Gasteiger partial charge in [-0.2, -0.15) is 4.98 Å². The zero-order valence-electron chi connectivity index (χ0n) is 13.4. The van der Waals surface area contributed by atoms with Crippen molar-refractivity contribution in [1.82, 2.24) is 9.97 Å². The fraction of sp³-hybridized carbons (Fsp3) is 0.500. The lowest BCUT2D eigenvalue weighted by Crippen LogP contribution is -2.35. The molecule has 0 amide bonds. The lowest BCUT2D eigenvalue weighted by atomic mass is 9.78. The Morgan fingerprint density at radius 3 is 2.64 bits per heavy atom. The van der Waals surface area contributed by atoms with Crippen LogP contribution in [0.4, 0.5) is 11.8 Å². The topological polar surface area (TPSA) is 71.4 Å². The normalized spacial score (nSPS) is 20.5. The molecule has 0 unspecified atom stereocenters. The van der Waals surface area contributed by atoms with Gasteiger partial charge in [0.15, 0.2) is 0 Å². The number of aromatic nitrogens is 2. The summed E-state index contributed by atoms with van der Waals surface area (Å²) in [6.07, 6.45) is 5.47. The number of nitrogens with two attached hydrogens (primary N) is 1. The van der Waals surface area contributed by atoms with E-state index in [1.54, 1.807) is 12.5 Å². The lowest BCUT2D eigenvalue weighted by molar-refractivity contribution is 0.345. The van der Waals surface area contributed by atoms with Gasteiger partial charge in [0.25, 0.3) is 0 Å². The summed E-state index contributed by atoms with van der Waals surface area (Å²) in [6.45, 7) is 0.754. The second-order valence-electron chi connectivity index (χ2n) is 6.26. The summed E-state index contributed by atoms with van der Waals surface area (Å²) in [5, 5.41) is 0. The van der Waals surface area contributed by atoms with Gasteiger partial charge >= 0.3 is 0 Å². The molecule has 6 heteroatoms. The molecule has 1 aliphatic rings. The standard InChI is InChI=1S/C16H23N5O/c1-20(2)16-18-14(12-6-13(17)7-12)8-15(19-16)21(3)9-11-4-5-22-10-11/h4-5,8,10,12-13H,6-7,9,17H2,1-3H3. The third-order valence-corrected chi connectivity index (χ3v) is 4.10. The SMILES string of the molecule is CN(C)c1nc(C2CC(N)C2)cc(N(C)Cc2ccoc2)n1. The maximum Gasteiger partial charge on any atom is 0.227 e. The number of furan rings is 1. The Balaban J connectivity index is 1.85. The highest BCUT2D eigenvalue weighted by Crippen LogP contribution is 2.36. The third-order valence-electron chi connectivity index (χ3n) is 4.10. The molecule has 1 saturated carbocycles. The molecule has 0 atom stereocenters. The van der Waals surface area contributed by atoms with E-state index in [0.29, 0.717) is 12.0 Å². The van der Waals surface area contributed by atoms with Crippen LogP contribution in [0.2, 0.25) is 0 Å². The first-order valence-electron chi connectivity index (χ1n) is 7.57. The molecule has 2 aromatic rings. The molecule has 2 N–H and O–H groups in total. The van der Waals surface area contributed by atoms with E-state index in [-0.39, 0.29) is 0 Å². The van der Waals surface area contributed by atoms with Crippen LogP contribution in [-0.4, -0.2) is 37.2 Å². The van der Waals surface area contributed by atoms with Gasteiger partial charge in [0.2, 0.25) is 5.95 Å². The molecule has 2 aromatic heterocycles. The highest BCUT2D eigenvalue weighted by Gasteiger charge is 2.29. The summed E-state index contributed by atoms with van der Waals surface area (Å²) >= 11 is 0. The Bertz CT molecular complexity index is 619. The first-order chi connectivity index (χ1) is 10.5. The van der Waals surface area contributed by atoms with Crippen LogP contribution in [0.3, 0.4) is 0 Å². The lowest BCUT2D eigenvalue weighted by Gasteiger charge is -2.33. The van der Waals surface area contributed by atoms with Gasteiger partial charge in [0.05, 0.1) is 18.2 Å². The average molecular weight is 301 g/mol. The van der Waals surface area contributed by atoms with Crippen molar-refractivity contribution < 1.29 is 4.42 Å². The van der Waals surface area contributed by atoms with Gasteiger partial charge in [0, 0.05) is 51.3 Å². The Hall–Kier alpha value is -2.08. The van der Waals surface area contributed by atoms with Crippen LogP contribution >= 0.6 is 0 Å². The van der Waals surface area contributed by atoms with Gasteiger partial charge < -0.3 is 20.0 Å². The molecule has 0 aliphatic heterocycles. The second kappa shape index (κ2) is 5.96. The van der Waals surface area contributed by atoms with E-state index in [2.05, 4.69) is 20.9 Å². The van der Waals surface area contributed by atoms with E-state index < -0.39 is 0 Å². The van der Waals surface area contributed by atoms with Crippen LogP contribution in [0.15, 0.2) is 29.1 Å². The summed E-state index contributed by atoms with van der Waals surface area (Å²) in [5.74, 6) is 2.13. The van der Waals surface area contributed by atoms with Crippen LogP contribution in [0, 0.1) is 0 Å². The molecular weight excluding hydrogens is 278 g/mol. The largest absolute Gasteiger partial charge is 0.472 e. The highest BCUT2D eigenvalue weighted by molar-refractivity contribution is 5.46. The van der Waals surface area contributed by atoms with E-state index in [0.717, 1.165) is 42.4 Å². The van der Waals surface area contributed by atoms with E-state index >= 15 is 0 Å². The van der Waals surface area contributed by atoms with Crippen LogP contribution in [0.1, 0.15) is 30.0 Å². The Kier molecular flexibility index (Phi) is 4.02. The monoisotopic (exact) mass is 301 g/mol. The zero-order chi connectivity index (χ0) is 15.7. The number of hydrogen-bond acceptors (Lipinski definition) is 6. The second-order valence-corrected chi connectivity index (χ2v) is 6.26. The van der Waals surface area contributed by atoms with Gasteiger partial charge in [-0.1, -0.05) is 0 Å². The maximum atomic E-state index is 5.92. The van der Waals surface area contributed by atoms with Crippen molar-refractivity contribution in [3.05, 3.63) is 35.9 Å².